The number of primary amides is 1. The number of aryl methyl sites for hydroxylation is 3. The molecule has 0 atom stereocenters. The molecule has 0 fully saturated rings. The van der Waals surface area contributed by atoms with Gasteiger partial charge in [-0.05, 0) is 84.2 Å². The summed E-state index contributed by atoms with van der Waals surface area (Å²) in [7, 11) is 0. The molecule has 3 aromatic rings. The molecule has 3 rings (SSSR count). The Hall–Kier alpha value is -3.72. The van der Waals surface area contributed by atoms with Gasteiger partial charge in [-0.15, -0.1) is 0 Å². The largest absolute Gasteiger partial charge is 0.476 e. The van der Waals surface area contributed by atoms with Crippen LogP contribution in [-0.2, 0) is 27.3 Å². The van der Waals surface area contributed by atoms with Crippen molar-refractivity contribution in [2.75, 3.05) is 13.1 Å². The summed E-state index contributed by atoms with van der Waals surface area (Å²) in [5.41, 5.74) is 9.21. The second kappa shape index (κ2) is 12.0. The smallest absolute Gasteiger partial charge is 0.350 e. The molecular weight excluding hydrogens is 494 g/mol. The third kappa shape index (κ3) is 8.38. The van der Waals surface area contributed by atoms with Crippen molar-refractivity contribution in [1.29, 1.82) is 0 Å². The van der Waals surface area contributed by atoms with E-state index in [0.29, 0.717) is 25.3 Å². The SMILES string of the molecule is Cc1cc(CN(CCc2nn(-c3ccccc3)nc2C)CC(N)=O)cc(C)c1OC(C)(C)C(=O)OC(C)(C)C. The summed E-state index contributed by atoms with van der Waals surface area (Å²) in [6, 6.07) is 13.8. The lowest BCUT2D eigenvalue weighted by molar-refractivity contribution is -0.171. The molecule has 0 aliphatic carbocycles. The average Bonchev–Trinajstić information content (AvgIpc) is 3.19. The van der Waals surface area contributed by atoms with Crippen molar-refractivity contribution in [2.45, 2.75) is 79.6 Å². The molecular formula is C30H41N5O4. The summed E-state index contributed by atoms with van der Waals surface area (Å²) >= 11 is 0. The minimum atomic E-state index is -1.16. The quantitative estimate of drug-likeness (QED) is 0.366. The Morgan fingerprint density at radius 1 is 0.974 bits per heavy atom. The predicted molar refractivity (Wildman–Crippen MR) is 151 cm³/mol. The zero-order valence-electron chi connectivity index (χ0n) is 24.4. The van der Waals surface area contributed by atoms with Gasteiger partial charge in [-0.2, -0.15) is 15.0 Å². The Bertz CT molecular complexity index is 1290. The third-order valence-corrected chi connectivity index (χ3v) is 6.08. The molecule has 210 valence electrons. The van der Waals surface area contributed by atoms with E-state index in [1.165, 1.54) is 0 Å². The van der Waals surface area contributed by atoms with Crippen LogP contribution in [0.5, 0.6) is 5.75 Å². The van der Waals surface area contributed by atoms with E-state index in [-0.39, 0.29) is 6.54 Å². The number of aromatic nitrogens is 3. The van der Waals surface area contributed by atoms with E-state index in [2.05, 4.69) is 10.2 Å². The lowest BCUT2D eigenvalue weighted by Crippen LogP contribution is -2.43. The molecule has 2 aromatic carbocycles. The van der Waals surface area contributed by atoms with Crippen LogP contribution in [0.25, 0.3) is 5.69 Å². The third-order valence-electron chi connectivity index (χ3n) is 6.08. The number of rotatable bonds is 11. The molecule has 0 saturated heterocycles. The Labute approximate surface area is 231 Å². The topological polar surface area (TPSA) is 113 Å². The second-order valence-corrected chi connectivity index (χ2v) is 11.5. The van der Waals surface area contributed by atoms with E-state index in [1.807, 2.05) is 88.9 Å². The van der Waals surface area contributed by atoms with Crippen molar-refractivity contribution in [3.63, 3.8) is 0 Å². The fourth-order valence-electron chi connectivity index (χ4n) is 4.26. The van der Waals surface area contributed by atoms with Crippen molar-refractivity contribution in [3.8, 4) is 11.4 Å². The molecule has 0 bridgehead atoms. The number of nitrogens with zero attached hydrogens (tertiary/aromatic N) is 4. The van der Waals surface area contributed by atoms with Crippen molar-refractivity contribution in [2.24, 2.45) is 5.73 Å². The van der Waals surface area contributed by atoms with Crippen molar-refractivity contribution >= 4 is 11.9 Å². The first-order valence-corrected chi connectivity index (χ1v) is 13.2. The molecule has 0 aliphatic heterocycles. The van der Waals surface area contributed by atoms with Gasteiger partial charge >= 0.3 is 5.97 Å². The summed E-state index contributed by atoms with van der Waals surface area (Å²) < 4.78 is 11.7. The van der Waals surface area contributed by atoms with Crippen LogP contribution in [-0.4, -0.2) is 56.1 Å². The van der Waals surface area contributed by atoms with E-state index in [4.69, 9.17) is 15.2 Å². The van der Waals surface area contributed by atoms with Gasteiger partial charge in [0.1, 0.15) is 11.4 Å². The standard InChI is InChI=1S/C30H41N5O4/c1-20-16-23(17-21(2)27(20)38-30(7,8)28(37)39-29(4,5)6)18-34(19-26(31)36)15-14-25-22(3)32-35(33-25)24-12-10-9-11-13-24/h9-13,16-17H,14-15,18-19H2,1-8H3,(H2,31,36). The van der Waals surface area contributed by atoms with Gasteiger partial charge in [-0.1, -0.05) is 30.3 Å². The number of carbonyl (C=O) groups is 2. The van der Waals surface area contributed by atoms with Gasteiger partial charge in [0, 0.05) is 19.5 Å². The van der Waals surface area contributed by atoms with Gasteiger partial charge in [0.15, 0.2) is 5.60 Å². The molecule has 1 heterocycles. The van der Waals surface area contributed by atoms with E-state index in [1.54, 1.807) is 18.6 Å². The van der Waals surface area contributed by atoms with E-state index < -0.39 is 23.1 Å². The highest BCUT2D eigenvalue weighted by molar-refractivity contribution is 5.79. The lowest BCUT2D eigenvalue weighted by atomic mass is 10.0. The molecule has 39 heavy (non-hydrogen) atoms. The maximum Gasteiger partial charge on any atom is 0.350 e. The summed E-state index contributed by atoms with van der Waals surface area (Å²) in [5, 5.41) is 9.20. The van der Waals surface area contributed by atoms with Gasteiger partial charge < -0.3 is 15.2 Å². The van der Waals surface area contributed by atoms with E-state index in [0.717, 1.165) is 33.8 Å². The zero-order valence-corrected chi connectivity index (χ0v) is 24.4. The summed E-state index contributed by atoms with van der Waals surface area (Å²) in [5.74, 6) is -0.179. The van der Waals surface area contributed by atoms with Gasteiger partial charge in [-0.3, -0.25) is 9.69 Å². The number of para-hydroxylation sites is 1. The van der Waals surface area contributed by atoms with Crippen molar-refractivity contribution < 1.29 is 19.1 Å². The number of amides is 1. The number of ether oxygens (including phenoxy) is 2. The molecule has 0 aliphatic rings. The molecule has 2 N–H and O–H groups in total. The Kier molecular flexibility index (Phi) is 9.17. The zero-order chi connectivity index (χ0) is 29.0. The maximum atomic E-state index is 12.7. The first-order valence-electron chi connectivity index (χ1n) is 13.2. The van der Waals surface area contributed by atoms with Crippen LogP contribution in [0.15, 0.2) is 42.5 Å². The van der Waals surface area contributed by atoms with Gasteiger partial charge in [0.25, 0.3) is 0 Å². The monoisotopic (exact) mass is 535 g/mol. The fraction of sp³-hybridized carbons (Fsp3) is 0.467. The Balaban J connectivity index is 1.73. The van der Waals surface area contributed by atoms with Gasteiger partial charge in [-0.25, -0.2) is 4.79 Å². The van der Waals surface area contributed by atoms with Crippen LogP contribution in [0.1, 0.15) is 62.7 Å². The number of esters is 1. The van der Waals surface area contributed by atoms with Crippen LogP contribution in [0, 0.1) is 20.8 Å². The van der Waals surface area contributed by atoms with Crippen molar-refractivity contribution in [3.05, 3.63) is 70.5 Å². The van der Waals surface area contributed by atoms with Crippen LogP contribution in [0.2, 0.25) is 0 Å². The number of hydrogen-bond acceptors (Lipinski definition) is 7. The van der Waals surface area contributed by atoms with Crippen molar-refractivity contribution in [1.82, 2.24) is 19.9 Å². The summed E-state index contributed by atoms with van der Waals surface area (Å²) in [4.78, 5) is 28.2. The molecule has 1 amide bonds. The summed E-state index contributed by atoms with van der Waals surface area (Å²) in [6.45, 7) is 16.0. The minimum absolute atomic E-state index is 0.119. The van der Waals surface area contributed by atoms with Crippen LogP contribution in [0.3, 0.4) is 0 Å². The molecule has 0 unspecified atom stereocenters. The minimum Gasteiger partial charge on any atom is -0.476 e. The number of carbonyl (C=O) groups excluding carboxylic acids is 2. The highest BCUT2D eigenvalue weighted by Gasteiger charge is 2.35. The normalized spacial score (nSPS) is 12.0. The second-order valence-electron chi connectivity index (χ2n) is 11.5. The van der Waals surface area contributed by atoms with E-state index >= 15 is 0 Å². The molecule has 9 nitrogen and oxygen atoms in total. The number of hydrogen-bond donors (Lipinski definition) is 1. The number of nitrogens with two attached hydrogens (primary N) is 1. The maximum absolute atomic E-state index is 12.7. The van der Waals surface area contributed by atoms with Crippen LogP contribution >= 0.6 is 0 Å². The van der Waals surface area contributed by atoms with Gasteiger partial charge in [0.2, 0.25) is 5.91 Å². The molecule has 1 aromatic heterocycles. The Morgan fingerprint density at radius 3 is 2.15 bits per heavy atom. The number of benzene rings is 2. The van der Waals surface area contributed by atoms with E-state index in [9.17, 15) is 9.59 Å². The highest BCUT2D eigenvalue weighted by atomic mass is 16.6. The first-order chi connectivity index (χ1) is 18.1. The molecule has 9 heteroatoms. The van der Waals surface area contributed by atoms with Crippen LogP contribution < -0.4 is 10.5 Å². The molecule has 0 spiro atoms. The molecule has 0 radical (unpaired) electrons. The first kappa shape index (κ1) is 29.8. The van der Waals surface area contributed by atoms with Gasteiger partial charge in [0.05, 0.1) is 23.6 Å². The average molecular weight is 536 g/mol. The highest BCUT2D eigenvalue weighted by Crippen LogP contribution is 2.30. The summed E-state index contributed by atoms with van der Waals surface area (Å²) in [6.07, 6.45) is 0.620. The Morgan fingerprint density at radius 2 is 1.59 bits per heavy atom. The lowest BCUT2D eigenvalue weighted by Gasteiger charge is -2.30. The van der Waals surface area contributed by atoms with Crippen LogP contribution in [0.4, 0.5) is 0 Å². The predicted octanol–water partition coefficient (Wildman–Crippen LogP) is 4.22. The fourth-order valence-corrected chi connectivity index (χ4v) is 4.26. The molecule has 0 saturated carbocycles.